The van der Waals surface area contributed by atoms with Crippen LogP contribution in [-0.2, 0) is 4.74 Å². The molecule has 1 atom stereocenters. The summed E-state index contributed by atoms with van der Waals surface area (Å²) in [6.45, 7) is 0.0932. The number of rotatable bonds is 6. The van der Waals surface area contributed by atoms with Gasteiger partial charge in [-0.25, -0.2) is 18.6 Å². The van der Waals surface area contributed by atoms with E-state index in [1.165, 1.54) is 10.9 Å². The fourth-order valence-corrected chi connectivity index (χ4v) is 1.96. The second-order valence-electron chi connectivity index (χ2n) is 4.91. The van der Waals surface area contributed by atoms with E-state index in [0.717, 1.165) is 11.8 Å². The minimum Gasteiger partial charge on any atom is -0.454 e. The number of halogens is 4. The first-order valence-electron chi connectivity index (χ1n) is 6.73. The number of esters is 1. The van der Waals surface area contributed by atoms with Crippen molar-refractivity contribution in [3.63, 3.8) is 0 Å². The number of alkyl halides is 4. The highest BCUT2D eigenvalue weighted by molar-refractivity contribution is 5.87. The third-order valence-electron chi connectivity index (χ3n) is 3.29. The van der Waals surface area contributed by atoms with Crippen LogP contribution >= 0.6 is 0 Å². The number of ether oxygens (including phenoxy) is 1. The lowest BCUT2D eigenvalue weighted by molar-refractivity contribution is -0.155. The zero-order chi connectivity index (χ0) is 17.0. The Bertz CT molecular complexity index is 659. The molecule has 0 amide bonds. The predicted molar refractivity (Wildman–Crippen MR) is 73.7 cm³/mol. The van der Waals surface area contributed by atoms with Crippen molar-refractivity contribution < 1.29 is 27.1 Å². The third-order valence-corrected chi connectivity index (χ3v) is 3.29. The maximum atomic E-state index is 12.8. The first-order valence-corrected chi connectivity index (χ1v) is 6.73. The number of carbonyl (C=O) groups is 1. The van der Waals surface area contributed by atoms with Gasteiger partial charge in [-0.2, -0.15) is 8.78 Å². The average molecular weight is 330 g/mol. The van der Waals surface area contributed by atoms with Crippen LogP contribution in [0.3, 0.4) is 0 Å². The maximum Gasteiger partial charge on any atom is 0.356 e. The normalized spacial score (nSPS) is 13.1. The lowest BCUT2D eigenvalue weighted by Crippen LogP contribution is -2.33. The van der Waals surface area contributed by atoms with Crippen LogP contribution in [0.2, 0.25) is 0 Å². The van der Waals surface area contributed by atoms with Gasteiger partial charge in [0.1, 0.15) is 5.69 Å². The van der Waals surface area contributed by atoms with Gasteiger partial charge < -0.3 is 9.30 Å². The highest BCUT2D eigenvalue weighted by Gasteiger charge is 2.42. The van der Waals surface area contributed by atoms with Gasteiger partial charge in [0.2, 0.25) is 0 Å². The molecule has 0 aliphatic heterocycles. The van der Waals surface area contributed by atoms with Crippen molar-refractivity contribution in [1.82, 2.24) is 9.55 Å². The van der Waals surface area contributed by atoms with Gasteiger partial charge in [-0.05, 0) is 12.5 Å². The Balaban J connectivity index is 2.13. The molecule has 2 rings (SSSR count). The minimum absolute atomic E-state index is 0.0913. The minimum atomic E-state index is -4.38. The molecule has 0 bridgehead atoms. The van der Waals surface area contributed by atoms with Crippen LogP contribution < -0.4 is 0 Å². The van der Waals surface area contributed by atoms with Crippen LogP contribution in [0.1, 0.15) is 29.0 Å². The second kappa shape index (κ2) is 6.80. The molecule has 0 saturated heterocycles. The van der Waals surface area contributed by atoms with E-state index >= 15 is 0 Å². The van der Waals surface area contributed by atoms with E-state index in [9.17, 15) is 22.4 Å². The smallest absolute Gasteiger partial charge is 0.356 e. The molecule has 0 fully saturated rings. The highest BCUT2D eigenvalue weighted by atomic mass is 19.3. The number of imidazole rings is 1. The fraction of sp³-hybridized carbons (Fsp3) is 0.333. The van der Waals surface area contributed by atoms with E-state index in [4.69, 9.17) is 0 Å². The van der Waals surface area contributed by atoms with E-state index in [-0.39, 0.29) is 11.7 Å². The molecule has 0 N–H and O–H groups in total. The van der Waals surface area contributed by atoms with Crippen LogP contribution in [0.25, 0.3) is 0 Å². The summed E-state index contributed by atoms with van der Waals surface area (Å²) >= 11 is 0. The van der Waals surface area contributed by atoms with Crippen molar-refractivity contribution in [2.45, 2.75) is 25.3 Å². The Hall–Kier alpha value is -2.38. The summed E-state index contributed by atoms with van der Waals surface area (Å²) in [6.07, 6.45) is -1.41. The molecule has 0 spiro atoms. The first-order chi connectivity index (χ1) is 10.8. The summed E-state index contributed by atoms with van der Waals surface area (Å²) in [7, 11) is 0. The summed E-state index contributed by atoms with van der Waals surface area (Å²) in [4.78, 5) is 15.7. The molecule has 1 aromatic carbocycles. The Morgan fingerprint density at radius 3 is 2.57 bits per heavy atom. The van der Waals surface area contributed by atoms with Crippen LogP contribution in [0.4, 0.5) is 17.6 Å². The fourth-order valence-electron chi connectivity index (χ4n) is 1.96. The molecule has 0 aliphatic carbocycles. The van der Waals surface area contributed by atoms with E-state index in [1.54, 1.807) is 6.92 Å². The van der Waals surface area contributed by atoms with Gasteiger partial charge in [-0.15, -0.1) is 0 Å². The van der Waals surface area contributed by atoms with Gasteiger partial charge in [0, 0.05) is 0 Å². The number of hydrogen-bond donors (Lipinski definition) is 0. The monoisotopic (exact) mass is 330 g/mol. The van der Waals surface area contributed by atoms with Gasteiger partial charge in [-0.1, -0.05) is 30.3 Å². The molecule has 1 heterocycles. The molecular weight excluding hydrogens is 316 g/mol. The molecule has 1 aromatic heterocycles. The molecule has 0 unspecified atom stereocenters. The summed E-state index contributed by atoms with van der Waals surface area (Å²) in [5.41, 5.74) is 0.767. The number of aromatic nitrogens is 2. The predicted octanol–water partition coefficient (Wildman–Crippen LogP) is 3.55. The molecule has 23 heavy (non-hydrogen) atoms. The summed E-state index contributed by atoms with van der Waals surface area (Å²) in [6, 6.07) is 8.78. The quantitative estimate of drug-likeness (QED) is 0.601. The Kier molecular flexibility index (Phi) is 5.02. The number of benzene rings is 1. The summed E-state index contributed by atoms with van der Waals surface area (Å²) in [5.74, 6) is -5.52. The molecule has 8 heteroatoms. The number of nitrogens with zero attached hydrogens (tertiary/aromatic N) is 2. The summed E-state index contributed by atoms with van der Waals surface area (Å²) < 4.78 is 55.5. The number of hydrogen-bond acceptors (Lipinski definition) is 3. The molecular formula is C15H14F4N2O2. The molecule has 2 aromatic rings. The first kappa shape index (κ1) is 17.0. The zero-order valence-corrected chi connectivity index (χ0v) is 12.1. The SMILES string of the molecule is C[C@H](c1ccccc1)n1cncc1C(=O)OCC(F)(F)C(F)F. The van der Waals surface area contributed by atoms with Crippen LogP contribution in [0.15, 0.2) is 42.9 Å². The van der Waals surface area contributed by atoms with Gasteiger partial charge in [0.05, 0.1) is 18.6 Å². The second-order valence-corrected chi connectivity index (χ2v) is 4.91. The van der Waals surface area contributed by atoms with Crippen molar-refractivity contribution in [2.24, 2.45) is 0 Å². The Labute approximate surface area is 129 Å². The molecule has 4 nitrogen and oxygen atoms in total. The standard InChI is InChI=1S/C15H14F4N2O2/c1-10(11-5-3-2-4-6-11)21-9-20-7-12(21)13(22)23-8-15(18,19)14(16)17/h2-7,9-10,14H,8H2,1H3/t10-/m1/s1. The maximum absolute atomic E-state index is 12.8. The third kappa shape index (κ3) is 3.88. The van der Waals surface area contributed by atoms with Crippen molar-refractivity contribution in [2.75, 3.05) is 6.61 Å². The van der Waals surface area contributed by atoms with Crippen LogP contribution in [0, 0.1) is 0 Å². The Morgan fingerprint density at radius 1 is 1.30 bits per heavy atom. The van der Waals surface area contributed by atoms with Crippen molar-refractivity contribution in [3.8, 4) is 0 Å². The topological polar surface area (TPSA) is 44.1 Å². The molecule has 0 radical (unpaired) electrons. The lowest BCUT2D eigenvalue weighted by Gasteiger charge is -2.18. The van der Waals surface area contributed by atoms with Gasteiger partial charge in [0.15, 0.2) is 6.61 Å². The van der Waals surface area contributed by atoms with E-state index in [0.29, 0.717) is 0 Å². The van der Waals surface area contributed by atoms with E-state index < -0.39 is 24.9 Å². The van der Waals surface area contributed by atoms with Crippen LogP contribution in [-0.4, -0.2) is 34.5 Å². The molecule has 124 valence electrons. The summed E-state index contributed by atoms with van der Waals surface area (Å²) in [5, 5.41) is 0. The molecule has 0 saturated carbocycles. The largest absolute Gasteiger partial charge is 0.454 e. The van der Waals surface area contributed by atoms with Gasteiger partial charge >= 0.3 is 18.3 Å². The Morgan fingerprint density at radius 2 is 1.96 bits per heavy atom. The van der Waals surface area contributed by atoms with E-state index in [1.807, 2.05) is 30.3 Å². The van der Waals surface area contributed by atoms with Crippen molar-refractivity contribution >= 4 is 5.97 Å². The number of carbonyl (C=O) groups excluding carboxylic acids is 1. The lowest BCUT2D eigenvalue weighted by atomic mass is 10.1. The zero-order valence-electron chi connectivity index (χ0n) is 12.1. The van der Waals surface area contributed by atoms with Crippen molar-refractivity contribution in [3.05, 3.63) is 54.1 Å². The van der Waals surface area contributed by atoms with Crippen molar-refractivity contribution in [1.29, 1.82) is 0 Å². The molecule has 0 aliphatic rings. The van der Waals surface area contributed by atoms with Crippen LogP contribution in [0.5, 0.6) is 0 Å². The highest BCUT2D eigenvalue weighted by Crippen LogP contribution is 2.24. The van der Waals surface area contributed by atoms with Gasteiger partial charge in [-0.3, -0.25) is 0 Å². The van der Waals surface area contributed by atoms with E-state index in [2.05, 4.69) is 9.72 Å². The average Bonchev–Trinajstić information content (AvgIpc) is 3.02. The van der Waals surface area contributed by atoms with Gasteiger partial charge in [0.25, 0.3) is 0 Å².